The van der Waals surface area contributed by atoms with Gasteiger partial charge in [-0.25, -0.2) is 0 Å². The second-order valence-electron chi connectivity index (χ2n) is 5.72. The first-order valence-electron chi connectivity index (χ1n) is 7.69. The maximum absolute atomic E-state index is 12.2. The molecule has 0 atom stereocenters. The number of piperidine rings is 1. The molecular weight excluding hydrogens is 294 g/mol. The first-order valence-corrected chi connectivity index (χ1v) is 8.57. The van der Waals surface area contributed by atoms with Crippen LogP contribution in [-0.2, 0) is 11.3 Å². The normalized spacial score (nSPS) is 16.0. The van der Waals surface area contributed by atoms with Crippen molar-refractivity contribution in [2.45, 2.75) is 36.5 Å². The summed E-state index contributed by atoms with van der Waals surface area (Å²) in [6.07, 6.45) is 5.66. The number of carbonyl (C=O) groups is 1. The molecule has 1 aliphatic heterocycles. The van der Waals surface area contributed by atoms with E-state index in [-0.39, 0.29) is 5.91 Å². The fraction of sp³-hybridized carbons (Fsp3) is 0.412. The highest BCUT2D eigenvalue weighted by molar-refractivity contribution is 8.00. The molecule has 3 rings (SSSR count). The van der Waals surface area contributed by atoms with E-state index in [1.165, 1.54) is 10.5 Å². The maximum atomic E-state index is 12.2. The van der Waals surface area contributed by atoms with E-state index in [4.69, 9.17) is 0 Å². The third kappa shape index (κ3) is 3.91. The molecule has 0 unspecified atom stereocenters. The van der Waals surface area contributed by atoms with Crippen molar-refractivity contribution in [1.82, 2.24) is 14.7 Å². The minimum atomic E-state index is 0.169. The van der Waals surface area contributed by atoms with Gasteiger partial charge >= 0.3 is 0 Å². The van der Waals surface area contributed by atoms with Crippen LogP contribution in [0.2, 0.25) is 0 Å². The largest absolute Gasteiger partial charge is 0.341 e. The summed E-state index contributed by atoms with van der Waals surface area (Å²) < 4.78 is 1.69. The third-order valence-electron chi connectivity index (χ3n) is 3.94. The summed E-state index contributed by atoms with van der Waals surface area (Å²) >= 11 is 1.94. The van der Waals surface area contributed by atoms with Gasteiger partial charge in [-0.3, -0.25) is 9.48 Å². The summed E-state index contributed by atoms with van der Waals surface area (Å²) in [6.45, 7) is 4.18. The predicted molar refractivity (Wildman–Crippen MR) is 88.9 cm³/mol. The van der Waals surface area contributed by atoms with Crippen molar-refractivity contribution in [1.29, 1.82) is 0 Å². The number of aryl methyl sites for hydroxylation is 1. The Bertz CT molecular complexity index is 619. The van der Waals surface area contributed by atoms with E-state index in [2.05, 4.69) is 36.3 Å². The fourth-order valence-corrected chi connectivity index (χ4v) is 3.98. The number of hydrogen-bond acceptors (Lipinski definition) is 3. The lowest BCUT2D eigenvalue weighted by molar-refractivity contribution is -0.132. The van der Waals surface area contributed by atoms with E-state index in [1.54, 1.807) is 10.9 Å². The number of aromatic nitrogens is 2. The van der Waals surface area contributed by atoms with Gasteiger partial charge in [-0.05, 0) is 38.0 Å². The van der Waals surface area contributed by atoms with Gasteiger partial charge in [-0.1, -0.05) is 17.7 Å². The first-order chi connectivity index (χ1) is 10.7. The molecule has 1 aromatic heterocycles. The van der Waals surface area contributed by atoms with Crippen LogP contribution < -0.4 is 0 Å². The van der Waals surface area contributed by atoms with Gasteiger partial charge in [0.25, 0.3) is 0 Å². The van der Waals surface area contributed by atoms with Crippen LogP contribution in [0.3, 0.4) is 0 Å². The van der Waals surface area contributed by atoms with Crippen LogP contribution in [0.15, 0.2) is 47.6 Å². The van der Waals surface area contributed by atoms with Gasteiger partial charge in [0.15, 0.2) is 0 Å². The molecule has 1 saturated heterocycles. The van der Waals surface area contributed by atoms with Gasteiger partial charge < -0.3 is 4.90 Å². The summed E-state index contributed by atoms with van der Waals surface area (Å²) in [6, 6.07) is 10.5. The van der Waals surface area contributed by atoms with Crippen LogP contribution in [0.25, 0.3) is 0 Å². The van der Waals surface area contributed by atoms with Gasteiger partial charge in [0.2, 0.25) is 5.91 Å². The molecule has 4 nitrogen and oxygen atoms in total. The van der Waals surface area contributed by atoms with Gasteiger partial charge in [0.1, 0.15) is 6.54 Å². The second-order valence-corrected chi connectivity index (χ2v) is 7.09. The summed E-state index contributed by atoms with van der Waals surface area (Å²) in [5.74, 6) is 0.169. The van der Waals surface area contributed by atoms with Crippen molar-refractivity contribution in [2.24, 2.45) is 0 Å². The third-order valence-corrected chi connectivity index (χ3v) is 5.27. The quantitative estimate of drug-likeness (QED) is 0.870. The molecule has 0 spiro atoms. The van der Waals surface area contributed by atoms with Gasteiger partial charge in [0.05, 0.1) is 0 Å². The summed E-state index contributed by atoms with van der Waals surface area (Å²) in [4.78, 5) is 15.5. The van der Waals surface area contributed by atoms with Crippen molar-refractivity contribution in [3.05, 3.63) is 48.3 Å². The lowest BCUT2D eigenvalue weighted by atomic mass is 10.1. The lowest BCUT2D eigenvalue weighted by Crippen LogP contribution is -2.41. The highest BCUT2D eigenvalue weighted by Crippen LogP contribution is 2.30. The van der Waals surface area contributed by atoms with Gasteiger partial charge in [0, 0.05) is 35.6 Å². The average molecular weight is 315 g/mol. The molecule has 0 radical (unpaired) electrons. The molecule has 0 N–H and O–H groups in total. The van der Waals surface area contributed by atoms with E-state index < -0.39 is 0 Å². The van der Waals surface area contributed by atoms with Crippen molar-refractivity contribution in [3.8, 4) is 0 Å². The molecule has 1 amide bonds. The zero-order chi connectivity index (χ0) is 15.4. The number of amides is 1. The Labute approximate surface area is 135 Å². The van der Waals surface area contributed by atoms with Gasteiger partial charge in [-0.15, -0.1) is 11.8 Å². The number of carbonyl (C=O) groups excluding carboxylic acids is 1. The molecule has 0 aliphatic carbocycles. The van der Waals surface area contributed by atoms with E-state index in [9.17, 15) is 4.79 Å². The number of thioether (sulfide) groups is 1. The first kappa shape index (κ1) is 15.2. The summed E-state index contributed by atoms with van der Waals surface area (Å²) in [7, 11) is 0. The molecule has 5 heteroatoms. The highest BCUT2D eigenvalue weighted by Gasteiger charge is 2.23. The Kier molecular flexibility index (Phi) is 4.83. The van der Waals surface area contributed by atoms with Crippen molar-refractivity contribution in [3.63, 3.8) is 0 Å². The second kappa shape index (κ2) is 7.01. The van der Waals surface area contributed by atoms with E-state index in [1.807, 2.05) is 28.9 Å². The molecule has 116 valence electrons. The molecule has 0 saturated carbocycles. The Morgan fingerprint density at radius 1 is 1.32 bits per heavy atom. The highest BCUT2D eigenvalue weighted by atomic mass is 32.2. The minimum Gasteiger partial charge on any atom is -0.341 e. The van der Waals surface area contributed by atoms with Gasteiger partial charge in [-0.2, -0.15) is 5.10 Å². The predicted octanol–water partition coefficient (Wildman–Crippen LogP) is 2.97. The van der Waals surface area contributed by atoms with Crippen molar-refractivity contribution >= 4 is 17.7 Å². The number of rotatable bonds is 4. The number of nitrogens with zero attached hydrogens (tertiary/aromatic N) is 3. The molecule has 2 heterocycles. The van der Waals surface area contributed by atoms with Crippen LogP contribution in [-0.4, -0.2) is 38.9 Å². The van der Waals surface area contributed by atoms with Crippen LogP contribution in [0.4, 0.5) is 0 Å². The smallest absolute Gasteiger partial charge is 0.244 e. The van der Waals surface area contributed by atoms with Crippen LogP contribution in [0.5, 0.6) is 0 Å². The van der Waals surface area contributed by atoms with E-state index >= 15 is 0 Å². The number of hydrogen-bond donors (Lipinski definition) is 0. The summed E-state index contributed by atoms with van der Waals surface area (Å²) in [5.41, 5.74) is 1.30. The molecule has 22 heavy (non-hydrogen) atoms. The Hall–Kier alpha value is -1.75. The standard InChI is InChI=1S/C17H21N3OS/c1-14-4-2-5-16(12-14)22-15-6-10-19(11-7-15)17(21)13-20-9-3-8-18-20/h2-5,8-9,12,15H,6-7,10-11,13H2,1H3. The molecule has 1 aliphatic rings. The maximum Gasteiger partial charge on any atom is 0.244 e. The SMILES string of the molecule is Cc1cccc(SC2CCN(C(=O)Cn3cccn3)CC2)c1. The fourth-order valence-electron chi connectivity index (χ4n) is 2.74. The molecular formula is C17H21N3OS. The average Bonchev–Trinajstić information content (AvgIpc) is 3.01. The zero-order valence-corrected chi connectivity index (χ0v) is 13.6. The molecule has 2 aromatic rings. The van der Waals surface area contributed by atoms with Crippen LogP contribution >= 0.6 is 11.8 Å². The Balaban J connectivity index is 1.49. The Morgan fingerprint density at radius 2 is 2.14 bits per heavy atom. The number of benzene rings is 1. The summed E-state index contributed by atoms with van der Waals surface area (Å²) in [5, 5.41) is 4.70. The molecule has 1 fully saturated rings. The molecule has 0 bridgehead atoms. The molecule has 1 aromatic carbocycles. The van der Waals surface area contributed by atoms with Crippen LogP contribution in [0, 0.1) is 6.92 Å². The zero-order valence-electron chi connectivity index (χ0n) is 12.8. The number of likely N-dealkylation sites (tertiary alicyclic amines) is 1. The van der Waals surface area contributed by atoms with Crippen molar-refractivity contribution in [2.75, 3.05) is 13.1 Å². The van der Waals surface area contributed by atoms with Crippen molar-refractivity contribution < 1.29 is 4.79 Å². The van der Waals surface area contributed by atoms with Crippen LogP contribution in [0.1, 0.15) is 18.4 Å². The minimum absolute atomic E-state index is 0.169. The van der Waals surface area contributed by atoms with E-state index in [0.717, 1.165) is 25.9 Å². The van der Waals surface area contributed by atoms with E-state index in [0.29, 0.717) is 11.8 Å². The lowest BCUT2D eigenvalue weighted by Gasteiger charge is -2.31. The topological polar surface area (TPSA) is 38.1 Å². The Morgan fingerprint density at radius 3 is 2.82 bits per heavy atom. The monoisotopic (exact) mass is 315 g/mol.